The van der Waals surface area contributed by atoms with Gasteiger partial charge in [-0.1, -0.05) is 36.6 Å². The van der Waals surface area contributed by atoms with Crippen molar-refractivity contribution in [2.24, 2.45) is 11.7 Å². The number of halogens is 2. The minimum absolute atomic E-state index is 0.131. The van der Waals surface area contributed by atoms with Crippen LogP contribution >= 0.6 is 11.6 Å². The maximum absolute atomic E-state index is 13.2. The number of hydrogen-bond donors (Lipinski definition) is 1. The number of benzene rings is 1. The highest BCUT2D eigenvalue weighted by Gasteiger charge is 2.22. The Balaban J connectivity index is 2.02. The van der Waals surface area contributed by atoms with E-state index in [0.717, 1.165) is 24.3 Å². The lowest BCUT2D eigenvalue weighted by molar-refractivity contribution is 0.567. The SMILES string of the molecule is NC(CCC1CC1)c1cccc(F)c1Cl. The number of rotatable bonds is 4. The second-order valence-corrected chi connectivity index (χ2v) is 4.65. The normalized spacial score (nSPS) is 17.8. The standard InChI is InChI=1S/C12H15ClFN/c13-12-9(2-1-3-10(12)14)11(15)7-6-8-4-5-8/h1-3,8,11H,4-7,15H2. The van der Waals surface area contributed by atoms with Gasteiger partial charge in [0, 0.05) is 6.04 Å². The third kappa shape index (κ3) is 2.70. The van der Waals surface area contributed by atoms with Crippen LogP contribution in [0.25, 0.3) is 0 Å². The molecule has 2 rings (SSSR count). The first-order chi connectivity index (χ1) is 7.18. The van der Waals surface area contributed by atoms with Crippen LogP contribution in [-0.4, -0.2) is 0 Å². The van der Waals surface area contributed by atoms with E-state index in [9.17, 15) is 4.39 Å². The van der Waals surface area contributed by atoms with Crippen molar-refractivity contribution in [3.05, 3.63) is 34.6 Å². The molecular formula is C12H15ClFN. The zero-order valence-electron chi connectivity index (χ0n) is 8.55. The Hall–Kier alpha value is -0.600. The van der Waals surface area contributed by atoms with Gasteiger partial charge in [0.1, 0.15) is 5.82 Å². The van der Waals surface area contributed by atoms with Crippen LogP contribution in [0.2, 0.25) is 5.02 Å². The van der Waals surface area contributed by atoms with Crippen molar-refractivity contribution < 1.29 is 4.39 Å². The zero-order valence-corrected chi connectivity index (χ0v) is 9.30. The predicted molar refractivity (Wildman–Crippen MR) is 60.3 cm³/mol. The predicted octanol–water partition coefficient (Wildman–Crippen LogP) is 3.67. The van der Waals surface area contributed by atoms with E-state index in [1.165, 1.54) is 18.9 Å². The Labute approximate surface area is 94.4 Å². The summed E-state index contributed by atoms with van der Waals surface area (Å²) in [7, 11) is 0. The van der Waals surface area contributed by atoms with Gasteiger partial charge >= 0.3 is 0 Å². The van der Waals surface area contributed by atoms with Crippen molar-refractivity contribution in [2.75, 3.05) is 0 Å². The van der Waals surface area contributed by atoms with Crippen LogP contribution in [-0.2, 0) is 0 Å². The molecule has 0 aromatic heterocycles. The lowest BCUT2D eigenvalue weighted by atomic mass is 10.0. The van der Waals surface area contributed by atoms with E-state index in [1.54, 1.807) is 6.07 Å². The lowest BCUT2D eigenvalue weighted by Crippen LogP contribution is -2.11. The molecule has 0 aliphatic heterocycles. The summed E-state index contributed by atoms with van der Waals surface area (Å²) in [6.45, 7) is 0. The Morgan fingerprint density at radius 3 is 2.87 bits per heavy atom. The van der Waals surface area contributed by atoms with E-state index >= 15 is 0 Å². The van der Waals surface area contributed by atoms with Crippen LogP contribution in [0.5, 0.6) is 0 Å². The van der Waals surface area contributed by atoms with Gasteiger partial charge in [0.25, 0.3) is 0 Å². The van der Waals surface area contributed by atoms with Gasteiger partial charge in [-0.3, -0.25) is 0 Å². The van der Waals surface area contributed by atoms with Crippen LogP contribution in [0, 0.1) is 11.7 Å². The molecular weight excluding hydrogens is 213 g/mol. The van der Waals surface area contributed by atoms with Gasteiger partial charge in [-0.15, -0.1) is 0 Å². The van der Waals surface area contributed by atoms with Crippen LogP contribution < -0.4 is 5.73 Å². The average Bonchev–Trinajstić information content (AvgIpc) is 3.02. The molecule has 1 aliphatic carbocycles. The second-order valence-electron chi connectivity index (χ2n) is 4.27. The first-order valence-electron chi connectivity index (χ1n) is 5.38. The molecule has 2 N–H and O–H groups in total. The van der Waals surface area contributed by atoms with E-state index in [0.29, 0.717) is 0 Å². The maximum atomic E-state index is 13.2. The van der Waals surface area contributed by atoms with E-state index in [-0.39, 0.29) is 16.9 Å². The van der Waals surface area contributed by atoms with Crippen molar-refractivity contribution in [3.8, 4) is 0 Å². The molecule has 0 saturated heterocycles. The molecule has 0 spiro atoms. The van der Waals surface area contributed by atoms with Crippen molar-refractivity contribution in [1.82, 2.24) is 0 Å². The Bertz CT molecular complexity index is 349. The molecule has 0 amide bonds. The van der Waals surface area contributed by atoms with Gasteiger partial charge < -0.3 is 5.73 Å². The van der Waals surface area contributed by atoms with Crippen LogP contribution in [0.15, 0.2) is 18.2 Å². The van der Waals surface area contributed by atoms with Gasteiger partial charge in [-0.2, -0.15) is 0 Å². The van der Waals surface area contributed by atoms with Crippen LogP contribution in [0.3, 0.4) is 0 Å². The molecule has 1 aromatic carbocycles. The summed E-state index contributed by atoms with van der Waals surface area (Å²) in [5.74, 6) is 0.472. The molecule has 0 radical (unpaired) electrons. The number of nitrogens with two attached hydrogens (primary N) is 1. The van der Waals surface area contributed by atoms with Crippen molar-refractivity contribution in [1.29, 1.82) is 0 Å². The monoisotopic (exact) mass is 227 g/mol. The van der Waals surface area contributed by atoms with Crippen LogP contribution in [0.4, 0.5) is 4.39 Å². The fourth-order valence-corrected chi connectivity index (χ4v) is 2.05. The summed E-state index contributed by atoms with van der Waals surface area (Å²) in [5, 5.41) is 0.181. The van der Waals surface area contributed by atoms with Gasteiger partial charge in [-0.05, 0) is 30.4 Å². The van der Waals surface area contributed by atoms with Crippen molar-refractivity contribution in [2.45, 2.75) is 31.7 Å². The van der Waals surface area contributed by atoms with Gasteiger partial charge in [-0.25, -0.2) is 4.39 Å². The summed E-state index contributed by atoms with van der Waals surface area (Å²) in [4.78, 5) is 0. The van der Waals surface area contributed by atoms with Crippen LogP contribution in [0.1, 0.15) is 37.3 Å². The minimum Gasteiger partial charge on any atom is -0.324 e. The van der Waals surface area contributed by atoms with Gasteiger partial charge in [0.2, 0.25) is 0 Å². The van der Waals surface area contributed by atoms with Gasteiger partial charge in [0.15, 0.2) is 0 Å². The smallest absolute Gasteiger partial charge is 0.142 e. The largest absolute Gasteiger partial charge is 0.324 e. The molecule has 15 heavy (non-hydrogen) atoms. The summed E-state index contributed by atoms with van der Waals surface area (Å²) >= 11 is 5.86. The molecule has 3 heteroatoms. The second kappa shape index (κ2) is 4.50. The Morgan fingerprint density at radius 2 is 2.20 bits per heavy atom. The molecule has 1 aliphatic rings. The quantitative estimate of drug-likeness (QED) is 0.835. The Morgan fingerprint density at radius 1 is 1.47 bits per heavy atom. The van der Waals surface area contributed by atoms with E-state index < -0.39 is 0 Å². The molecule has 0 bridgehead atoms. The summed E-state index contributed by atoms with van der Waals surface area (Å²) in [6.07, 6.45) is 4.68. The fourth-order valence-electron chi connectivity index (χ4n) is 1.78. The third-order valence-corrected chi connectivity index (χ3v) is 3.36. The van der Waals surface area contributed by atoms with Crippen molar-refractivity contribution >= 4 is 11.6 Å². The third-order valence-electron chi connectivity index (χ3n) is 2.96. The van der Waals surface area contributed by atoms with Gasteiger partial charge in [0.05, 0.1) is 5.02 Å². The molecule has 1 atom stereocenters. The summed E-state index contributed by atoms with van der Waals surface area (Å²) < 4.78 is 13.2. The summed E-state index contributed by atoms with van der Waals surface area (Å²) in [5.41, 5.74) is 6.72. The van der Waals surface area contributed by atoms with E-state index in [2.05, 4.69) is 0 Å². The molecule has 82 valence electrons. The highest BCUT2D eigenvalue weighted by Crippen LogP contribution is 2.36. The average molecular weight is 228 g/mol. The topological polar surface area (TPSA) is 26.0 Å². The minimum atomic E-state index is -0.379. The molecule has 1 fully saturated rings. The molecule has 1 aromatic rings. The van der Waals surface area contributed by atoms with E-state index in [4.69, 9.17) is 17.3 Å². The highest BCUT2D eigenvalue weighted by molar-refractivity contribution is 6.31. The maximum Gasteiger partial charge on any atom is 0.142 e. The molecule has 0 heterocycles. The van der Waals surface area contributed by atoms with E-state index in [1.807, 2.05) is 6.07 Å². The highest BCUT2D eigenvalue weighted by atomic mass is 35.5. The lowest BCUT2D eigenvalue weighted by Gasteiger charge is -2.13. The number of hydrogen-bond acceptors (Lipinski definition) is 1. The molecule has 1 unspecified atom stereocenters. The first-order valence-corrected chi connectivity index (χ1v) is 5.75. The van der Waals surface area contributed by atoms with Crippen molar-refractivity contribution in [3.63, 3.8) is 0 Å². The fraction of sp³-hybridized carbons (Fsp3) is 0.500. The first kappa shape index (κ1) is 10.9. The molecule has 1 saturated carbocycles. The zero-order chi connectivity index (χ0) is 10.8. The molecule has 1 nitrogen and oxygen atoms in total. The summed E-state index contributed by atoms with van der Waals surface area (Å²) in [6, 6.07) is 4.70. The Kier molecular flexibility index (Phi) is 3.27.